The first kappa shape index (κ1) is 11.8. The standard InChI is InChI=1S/C15H16ClNO/c1-10(15-3-2-6-18-15)17-14-8-11-4-5-13(16)7-12(11)9-14/h2-7,10,14,17H,8-9H2,1H3/t10-,14?/m0/s1. The maximum Gasteiger partial charge on any atom is 0.120 e. The molecule has 1 heterocycles. The highest BCUT2D eigenvalue weighted by atomic mass is 35.5. The lowest BCUT2D eigenvalue weighted by Gasteiger charge is -2.17. The molecule has 1 aromatic heterocycles. The van der Waals surface area contributed by atoms with E-state index in [4.69, 9.17) is 16.0 Å². The molecule has 0 saturated heterocycles. The van der Waals surface area contributed by atoms with Crippen LogP contribution in [0.4, 0.5) is 0 Å². The van der Waals surface area contributed by atoms with E-state index in [1.807, 2.05) is 18.2 Å². The van der Waals surface area contributed by atoms with Crippen molar-refractivity contribution in [3.8, 4) is 0 Å². The molecule has 1 aliphatic rings. The minimum atomic E-state index is 0.245. The summed E-state index contributed by atoms with van der Waals surface area (Å²) < 4.78 is 5.42. The molecule has 0 saturated carbocycles. The van der Waals surface area contributed by atoms with Crippen LogP contribution in [0, 0.1) is 0 Å². The molecule has 0 bridgehead atoms. The Bertz CT molecular complexity index is 535. The summed E-state index contributed by atoms with van der Waals surface area (Å²) in [5.41, 5.74) is 2.77. The fraction of sp³-hybridized carbons (Fsp3) is 0.333. The lowest BCUT2D eigenvalue weighted by molar-refractivity contribution is 0.392. The van der Waals surface area contributed by atoms with Gasteiger partial charge >= 0.3 is 0 Å². The van der Waals surface area contributed by atoms with Gasteiger partial charge in [-0.1, -0.05) is 17.7 Å². The van der Waals surface area contributed by atoms with E-state index in [9.17, 15) is 0 Å². The minimum absolute atomic E-state index is 0.245. The molecule has 18 heavy (non-hydrogen) atoms. The van der Waals surface area contributed by atoms with Crippen molar-refractivity contribution in [2.75, 3.05) is 0 Å². The minimum Gasteiger partial charge on any atom is -0.468 e. The topological polar surface area (TPSA) is 25.2 Å². The van der Waals surface area contributed by atoms with E-state index in [0.717, 1.165) is 23.6 Å². The van der Waals surface area contributed by atoms with Crippen LogP contribution in [-0.4, -0.2) is 6.04 Å². The van der Waals surface area contributed by atoms with E-state index in [0.29, 0.717) is 6.04 Å². The molecule has 3 rings (SSSR count). The fourth-order valence-corrected chi connectivity index (χ4v) is 2.87. The number of rotatable bonds is 3. The Morgan fingerprint density at radius 2 is 2.11 bits per heavy atom. The van der Waals surface area contributed by atoms with Gasteiger partial charge < -0.3 is 9.73 Å². The fourth-order valence-electron chi connectivity index (χ4n) is 2.68. The van der Waals surface area contributed by atoms with Gasteiger partial charge in [0.15, 0.2) is 0 Å². The molecular weight excluding hydrogens is 246 g/mol. The summed E-state index contributed by atoms with van der Waals surface area (Å²) in [7, 11) is 0. The highest BCUT2D eigenvalue weighted by molar-refractivity contribution is 6.30. The maximum absolute atomic E-state index is 6.02. The third-order valence-electron chi connectivity index (χ3n) is 3.56. The van der Waals surface area contributed by atoms with Crippen molar-refractivity contribution in [3.05, 3.63) is 58.5 Å². The third-order valence-corrected chi connectivity index (χ3v) is 3.79. The Morgan fingerprint density at radius 3 is 2.89 bits per heavy atom. The number of hydrogen-bond donors (Lipinski definition) is 1. The van der Waals surface area contributed by atoms with Gasteiger partial charge in [0, 0.05) is 11.1 Å². The van der Waals surface area contributed by atoms with Crippen LogP contribution in [0.15, 0.2) is 41.0 Å². The summed E-state index contributed by atoms with van der Waals surface area (Å²) in [5, 5.41) is 4.44. The van der Waals surface area contributed by atoms with Crippen LogP contribution < -0.4 is 5.32 Å². The normalized spacial score (nSPS) is 19.8. The van der Waals surface area contributed by atoms with Crippen molar-refractivity contribution in [1.29, 1.82) is 0 Å². The zero-order valence-corrected chi connectivity index (χ0v) is 11.1. The van der Waals surface area contributed by atoms with E-state index in [-0.39, 0.29) is 6.04 Å². The lowest BCUT2D eigenvalue weighted by Crippen LogP contribution is -2.31. The highest BCUT2D eigenvalue weighted by Gasteiger charge is 2.23. The number of hydrogen-bond acceptors (Lipinski definition) is 2. The average molecular weight is 262 g/mol. The predicted molar refractivity (Wildman–Crippen MR) is 72.9 cm³/mol. The number of fused-ring (bicyclic) bond motifs is 1. The molecule has 0 aliphatic heterocycles. The quantitative estimate of drug-likeness (QED) is 0.910. The second kappa shape index (κ2) is 4.79. The van der Waals surface area contributed by atoms with Crippen LogP contribution in [0.5, 0.6) is 0 Å². The summed E-state index contributed by atoms with van der Waals surface area (Å²) in [6, 6.07) is 10.8. The van der Waals surface area contributed by atoms with Crippen LogP contribution in [0.2, 0.25) is 5.02 Å². The second-order valence-electron chi connectivity index (χ2n) is 4.92. The molecule has 0 fully saturated rings. The molecule has 1 N–H and O–H groups in total. The van der Waals surface area contributed by atoms with E-state index in [2.05, 4.69) is 24.4 Å². The highest BCUT2D eigenvalue weighted by Crippen LogP contribution is 2.26. The van der Waals surface area contributed by atoms with Crippen LogP contribution in [-0.2, 0) is 12.8 Å². The maximum atomic E-state index is 6.02. The largest absolute Gasteiger partial charge is 0.468 e. The Kier molecular flexibility index (Phi) is 3.14. The first-order valence-corrected chi connectivity index (χ1v) is 6.67. The summed E-state index contributed by atoms with van der Waals surface area (Å²) in [5.74, 6) is 0.990. The van der Waals surface area contributed by atoms with E-state index in [1.54, 1.807) is 6.26 Å². The van der Waals surface area contributed by atoms with Gasteiger partial charge in [0.25, 0.3) is 0 Å². The van der Waals surface area contributed by atoms with E-state index in [1.165, 1.54) is 11.1 Å². The summed E-state index contributed by atoms with van der Waals surface area (Å²) in [6.45, 7) is 2.13. The molecule has 3 heteroatoms. The van der Waals surface area contributed by atoms with Gasteiger partial charge in [-0.2, -0.15) is 0 Å². The molecule has 1 unspecified atom stereocenters. The van der Waals surface area contributed by atoms with Gasteiger partial charge in [0.05, 0.1) is 12.3 Å². The van der Waals surface area contributed by atoms with Crippen LogP contribution in [0.3, 0.4) is 0 Å². The van der Waals surface area contributed by atoms with Crippen molar-refractivity contribution < 1.29 is 4.42 Å². The predicted octanol–water partition coefficient (Wildman–Crippen LogP) is 3.75. The molecule has 0 radical (unpaired) electrons. The molecule has 2 aromatic rings. The number of furan rings is 1. The van der Waals surface area contributed by atoms with Gasteiger partial charge in [0.2, 0.25) is 0 Å². The zero-order chi connectivity index (χ0) is 12.5. The third kappa shape index (κ3) is 2.31. The van der Waals surface area contributed by atoms with E-state index < -0.39 is 0 Å². The second-order valence-corrected chi connectivity index (χ2v) is 5.36. The SMILES string of the molecule is C[C@H](NC1Cc2ccc(Cl)cc2C1)c1ccco1. The molecule has 1 aromatic carbocycles. The molecule has 2 atom stereocenters. The molecule has 0 spiro atoms. The Morgan fingerprint density at radius 1 is 1.28 bits per heavy atom. The number of nitrogens with one attached hydrogen (secondary N) is 1. The monoisotopic (exact) mass is 261 g/mol. The summed E-state index contributed by atoms with van der Waals surface area (Å²) >= 11 is 6.02. The first-order valence-electron chi connectivity index (χ1n) is 6.29. The van der Waals surface area contributed by atoms with Gasteiger partial charge in [0.1, 0.15) is 5.76 Å². The summed E-state index contributed by atoms with van der Waals surface area (Å²) in [4.78, 5) is 0. The van der Waals surface area contributed by atoms with Gasteiger partial charge in [-0.25, -0.2) is 0 Å². The van der Waals surface area contributed by atoms with Gasteiger partial charge in [-0.05, 0) is 55.2 Å². The molecule has 2 nitrogen and oxygen atoms in total. The van der Waals surface area contributed by atoms with Crippen molar-refractivity contribution in [2.45, 2.75) is 31.8 Å². The molecule has 0 amide bonds. The van der Waals surface area contributed by atoms with Gasteiger partial charge in [-0.15, -0.1) is 0 Å². The van der Waals surface area contributed by atoms with E-state index >= 15 is 0 Å². The van der Waals surface area contributed by atoms with Crippen molar-refractivity contribution in [2.24, 2.45) is 0 Å². The Labute approximate surface area is 112 Å². The molecular formula is C15H16ClNO. The smallest absolute Gasteiger partial charge is 0.120 e. The van der Waals surface area contributed by atoms with Gasteiger partial charge in [-0.3, -0.25) is 0 Å². The van der Waals surface area contributed by atoms with Crippen molar-refractivity contribution in [3.63, 3.8) is 0 Å². The Balaban J connectivity index is 1.67. The van der Waals surface area contributed by atoms with Crippen LogP contribution >= 0.6 is 11.6 Å². The van der Waals surface area contributed by atoms with Crippen LogP contribution in [0.1, 0.15) is 29.9 Å². The first-order chi connectivity index (χ1) is 8.72. The molecule has 1 aliphatic carbocycles. The zero-order valence-electron chi connectivity index (χ0n) is 10.3. The Hall–Kier alpha value is -1.25. The van der Waals surface area contributed by atoms with Crippen molar-refractivity contribution in [1.82, 2.24) is 5.32 Å². The average Bonchev–Trinajstić information content (AvgIpc) is 2.95. The van der Waals surface area contributed by atoms with Crippen molar-refractivity contribution >= 4 is 11.6 Å². The molecule has 94 valence electrons. The summed E-state index contributed by atoms with van der Waals surface area (Å²) in [6.07, 6.45) is 3.83. The van der Waals surface area contributed by atoms with Crippen LogP contribution in [0.25, 0.3) is 0 Å². The number of halogens is 1. The number of benzene rings is 1. The lowest BCUT2D eigenvalue weighted by atomic mass is 10.1.